The number of amides is 1. The normalized spacial score (nSPS) is 17.4. The number of fused-ring (bicyclic) bond motifs is 1. The molecule has 0 spiro atoms. The second kappa shape index (κ2) is 8.23. The van der Waals surface area contributed by atoms with Crippen LogP contribution in [-0.4, -0.2) is 30.4 Å². The highest BCUT2D eigenvalue weighted by Crippen LogP contribution is 2.40. The number of aromatic nitrogens is 2. The van der Waals surface area contributed by atoms with Crippen LogP contribution in [-0.2, 0) is 10.0 Å². The summed E-state index contributed by atoms with van der Waals surface area (Å²) in [7, 11) is -3.84. The molecule has 0 radical (unpaired) electrons. The highest BCUT2D eigenvalue weighted by atomic mass is 32.2. The van der Waals surface area contributed by atoms with E-state index in [2.05, 4.69) is 26.9 Å². The van der Waals surface area contributed by atoms with Gasteiger partial charge in [-0.25, -0.2) is 18.4 Å². The van der Waals surface area contributed by atoms with Crippen molar-refractivity contribution in [1.29, 1.82) is 0 Å². The Balaban J connectivity index is 1.50. The van der Waals surface area contributed by atoms with Gasteiger partial charge in [-0.1, -0.05) is 19.1 Å². The van der Waals surface area contributed by atoms with E-state index in [1.165, 1.54) is 24.3 Å². The average molecular weight is 453 g/mol. The van der Waals surface area contributed by atoms with Crippen LogP contribution >= 0.6 is 0 Å². The number of rotatable bonds is 5. The summed E-state index contributed by atoms with van der Waals surface area (Å²) in [6.45, 7) is 7.49. The molecule has 2 aromatic carbocycles. The van der Waals surface area contributed by atoms with Crippen molar-refractivity contribution in [1.82, 2.24) is 9.97 Å². The topological polar surface area (TPSA) is 110 Å². The highest BCUT2D eigenvalue weighted by molar-refractivity contribution is 7.92. The Hall–Kier alpha value is -3.46. The molecule has 3 aromatic rings. The van der Waals surface area contributed by atoms with Crippen LogP contribution in [0.15, 0.2) is 53.4 Å². The Morgan fingerprint density at radius 1 is 1.03 bits per heavy atom. The lowest BCUT2D eigenvalue weighted by Gasteiger charge is -2.11. The molecule has 0 saturated carbocycles. The van der Waals surface area contributed by atoms with Crippen LogP contribution in [0.1, 0.15) is 47.2 Å². The molecular weight excluding hydrogens is 428 g/mol. The molecule has 1 amide bonds. The van der Waals surface area contributed by atoms with Crippen LogP contribution in [0.4, 0.5) is 11.5 Å². The highest BCUT2D eigenvalue weighted by Gasteiger charge is 2.31. The van der Waals surface area contributed by atoms with Crippen LogP contribution in [0.3, 0.4) is 0 Å². The molecule has 1 aromatic heterocycles. The molecule has 0 bridgehead atoms. The fraction of sp³-hybridized carbons (Fsp3) is 0.261. The number of hydrogen-bond donors (Lipinski definition) is 2. The number of carbonyl (C=O) groups excluding carboxylic acids is 1. The molecule has 0 fully saturated rings. The molecule has 2 heterocycles. The van der Waals surface area contributed by atoms with E-state index in [9.17, 15) is 13.2 Å². The Bertz CT molecular complexity index is 1270. The average Bonchev–Trinajstić information content (AvgIpc) is 3.01. The molecule has 1 aliphatic heterocycles. The van der Waals surface area contributed by atoms with Gasteiger partial charge in [0, 0.05) is 28.9 Å². The molecule has 2 unspecified atom stereocenters. The number of anilines is 2. The summed E-state index contributed by atoms with van der Waals surface area (Å²) in [5, 5.41) is 2.81. The third-order valence-electron chi connectivity index (χ3n) is 5.42. The molecule has 0 saturated heterocycles. The van der Waals surface area contributed by atoms with Crippen LogP contribution in [0, 0.1) is 13.8 Å². The Labute approximate surface area is 187 Å². The van der Waals surface area contributed by atoms with Gasteiger partial charge in [-0.15, -0.1) is 0 Å². The first-order chi connectivity index (χ1) is 15.1. The van der Waals surface area contributed by atoms with Gasteiger partial charge < -0.3 is 10.1 Å². The van der Waals surface area contributed by atoms with Gasteiger partial charge in [-0.3, -0.25) is 9.52 Å². The lowest BCUT2D eigenvalue weighted by molar-refractivity contribution is 0.102. The van der Waals surface area contributed by atoms with Gasteiger partial charge in [0.15, 0.2) is 0 Å². The first kappa shape index (κ1) is 21.8. The van der Waals surface area contributed by atoms with E-state index in [0.717, 1.165) is 5.56 Å². The molecule has 4 rings (SSSR count). The predicted molar refractivity (Wildman–Crippen MR) is 122 cm³/mol. The maximum Gasteiger partial charge on any atom is 0.263 e. The van der Waals surface area contributed by atoms with Gasteiger partial charge >= 0.3 is 0 Å². The SMILES string of the molecule is Cc1cc(NS(=O)(=O)c2ccc(NC(=O)c3cccc4c3OC(C)C4C)cc2)nc(C)n1. The minimum absolute atomic E-state index is 0.00148. The molecule has 1 aliphatic rings. The Morgan fingerprint density at radius 2 is 1.75 bits per heavy atom. The largest absolute Gasteiger partial charge is 0.489 e. The molecule has 8 nitrogen and oxygen atoms in total. The zero-order valence-corrected chi connectivity index (χ0v) is 19.0. The standard InChI is InChI=1S/C23H24N4O4S/c1-13-12-21(25-16(4)24-13)27-32(29,30)18-10-8-17(9-11-18)26-23(28)20-7-5-6-19-14(2)15(3)31-22(19)20/h5-12,14-15H,1-4H3,(H,26,28)(H,24,25,27). The third kappa shape index (κ3) is 4.29. The number of para-hydroxylation sites is 1. The number of sulfonamides is 1. The molecule has 2 N–H and O–H groups in total. The summed E-state index contributed by atoms with van der Waals surface area (Å²) in [6.07, 6.45) is -0.00148. The minimum Gasteiger partial charge on any atom is -0.489 e. The Morgan fingerprint density at radius 3 is 2.44 bits per heavy atom. The fourth-order valence-electron chi connectivity index (χ4n) is 3.65. The summed E-state index contributed by atoms with van der Waals surface area (Å²) in [5.74, 6) is 1.17. The van der Waals surface area contributed by atoms with Crippen LogP contribution in [0.5, 0.6) is 5.75 Å². The maximum absolute atomic E-state index is 12.8. The van der Waals surface area contributed by atoms with Crippen molar-refractivity contribution in [2.75, 3.05) is 10.0 Å². The second-order valence-corrected chi connectivity index (χ2v) is 9.54. The molecular formula is C23H24N4O4S. The number of nitrogens with zero attached hydrogens (tertiary/aromatic N) is 2. The molecule has 32 heavy (non-hydrogen) atoms. The lowest BCUT2D eigenvalue weighted by atomic mass is 9.97. The van der Waals surface area contributed by atoms with Crippen molar-refractivity contribution >= 4 is 27.4 Å². The first-order valence-electron chi connectivity index (χ1n) is 10.2. The van der Waals surface area contributed by atoms with E-state index < -0.39 is 10.0 Å². The van der Waals surface area contributed by atoms with Crippen LogP contribution in [0.25, 0.3) is 0 Å². The minimum atomic E-state index is -3.84. The number of ether oxygens (including phenoxy) is 1. The van der Waals surface area contributed by atoms with Gasteiger partial charge in [-0.2, -0.15) is 0 Å². The second-order valence-electron chi connectivity index (χ2n) is 7.86. The maximum atomic E-state index is 12.8. The van der Waals surface area contributed by atoms with Crippen molar-refractivity contribution in [2.24, 2.45) is 0 Å². The van der Waals surface area contributed by atoms with E-state index >= 15 is 0 Å². The van der Waals surface area contributed by atoms with Crippen molar-refractivity contribution in [3.8, 4) is 5.75 Å². The number of benzene rings is 2. The van der Waals surface area contributed by atoms with Crippen molar-refractivity contribution < 1.29 is 17.9 Å². The van der Waals surface area contributed by atoms with Gasteiger partial charge in [0.05, 0.1) is 10.5 Å². The van der Waals surface area contributed by atoms with Crippen molar-refractivity contribution in [3.05, 3.63) is 71.2 Å². The summed E-state index contributed by atoms with van der Waals surface area (Å²) >= 11 is 0. The Kier molecular flexibility index (Phi) is 5.60. The van der Waals surface area contributed by atoms with Gasteiger partial charge in [0.2, 0.25) is 0 Å². The zero-order valence-electron chi connectivity index (χ0n) is 18.2. The quantitative estimate of drug-likeness (QED) is 0.605. The fourth-order valence-corrected chi connectivity index (χ4v) is 4.64. The van der Waals surface area contributed by atoms with E-state index in [1.807, 2.05) is 19.1 Å². The predicted octanol–water partition coefficient (Wildman–Crippen LogP) is 4.03. The van der Waals surface area contributed by atoms with Crippen LogP contribution in [0.2, 0.25) is 0 Å². The van der Waals surface area contributed by atoms with E-state index in [1.54, 1.807) is 26.0 Å². The van der Waals surface area contributed by atoms with Gasteiger partial charge in [-0.05, 0) is 51.1 Å². The molecule has 0 aliphatic carbocycles. The smallest absolute Gasteiger partial charge is 0.263 e. The third-order valence-corrected chi connectivity index (χ3v) is 6.79. The van der Waals surface area contributed by atoms with Gasteiger partial charge in [0.1, 0.15) is 23.5 Å². The summed E-state index contributed by atoms with van der Waals surface area (Å²) < 4.78 is 33.7. The van der Waals surface area contributed by atoms with Crippen molar-refractivity contribution in [3.63, 3.8) is 0 Å². The lowest BCUT2D eigenvalue weighted by Crippen LogP contribution is -2.16. The zero-order chi connectivity index (χ0) is 23.0. The number of carbonyl (C=O) groups is 1. The first-order valence-corrected chi connectivity index (χ1v) is 11.7. The molecule has 9 heteroatoms. The van der Waals surface area contributed by atoms with E-state index in [4.69, 9.17) is 4.74 Å². The summed E-state index contributed by atoms with van der Waals surface area (Å²) in [6, 6.07) is 13.0. The van der Waals surface area contributed by atoms with Gasteiger partial charge in [0.25, 0.3) is 15.9 Å². The summed E-state index contributed by atoms with van der Waals surface area (Å²) in [4.78, 5) is 21.1. The number of nitrogens with one attached hydrogen (secondary N) is 2. The number of aryl methyl sites for hydroxylation is 2. The summed E-state index contributed by atoms with van der Waals surface area (Å²) in [5.41, 5.74) is 2.59. The molecule has 166 valence electrons. The molecule has 2 atom stereocenters. The van der Waals surface area contributed by atoms with Crippen molar-refractivity contribution in [2.45, 2.75) is 44.6 Å². The van der Waals surface area contributed by atoms with E-state index in [-0.39, 0.29) is 28.6 Å². The number of hydrogen-bond acceptors (Lipinski definition) is 6. The van der Waals surface area contributed by atoms with Crippen LogP contribution < -0.4 is 14.8 Å². The van der Waals surface area contributed by atoms with E-state index in [0.29, 0.717) is 28.5 Å². The monoisotopic (exact) mass is 452 g/mol.